The molecule has 2 N–H and O–H groups in total. The maximum Gasteiger partial charge on any atom is 0.227 e. The predicted molar refractivity (Wildman–Crippen MR) is 77.1 cm³/mol. The number of hydrogen-bond donors (Lipinski definition) is 2. The lowest BCUT2D eigenvalue weighted by Crippen LogP contribution is -2.37. The van der Waals surface area contributed by atoms with Crippen LogP contribution in [0.5, 0.6) is 0 Å². The normalized spacial score (nSPS) is 22.2. The number of hydrogen-bond acceptors (Lipinski definition) is 2. The van der Waals surface area contributed by atoms with Gasteiger partial charge in [0, 0.05) is 23.1 Å². The molecule has 0 saturated carbocycles. The summed E-state index contributed by atoms with van der Waals surface area (Å²) < 4.78 is 14.1. The van der Waals surface area contributed by atoms with Crippen LogP contribution < -0.4 is 10.6 Å². The maximum absolute atomic E-state index is 13.5. The molecular weight excluding hydrogens is 362 g/mol. The zero-order valence-electron chi connectivity index (χ0n) is 10.4. The van der Waals surface area contributed by atoms with E-state index >= 15 is 0 Å². The van der Waals surface area contributed by atoms with Gasteiger partial charge in [0.25, 0.3) is 0 Å². The monoisotopic (exact) mass is 376 g/mol. The Bertz CT molecular complexity index is 521. The molecule has 1 fully saturated rings. The van der Waals surface area contributed by atoms with Crippen LogP contribution in [-0.2, 0) is 9.59 Å². The Labute approximate surface area is 124 Å². The molecule has 1 aromatic rings. The molecule has 2 unspecified atom stereocenters. The van der Waals surface area contributed by atoms with Crippen molar-refractivity contribution in [2.45, 2.75) is 25.3 Å². The van der Waals surface area contributed by atoms with E-state index in [2.05, 4.69) is 10.6 Å². The number of rotatable bonds is 3. The number of carbonyl (C=O) groups excluding carboxylic acids is 2. The van der Waals surface area contributed by atoms with Crippen molar-refractivity contribution in [3.05, 3.63) is 33.1 Å². The quantitative estimate of drug-likeness (QED) is 0.787. The molecular formula is C13H14FIN2O2. The van der Waals surface area contributed by atoms with Crippen molar-refractivity contribution in [1.29, 1.82) is 0 Å². The second-order valence-electron chi connectivity index (χ2n) is 4.60. The molecule has 19 heavy (non-hydrogen) atoms. The Morgan fingerprint density at radius 1 is 1.58 bits per heavy atom. The van der Waals surface area contributed by atoms with Crippen LogP contribution >= 0.6 is 22.6 Å². The molecule has 1 heterocycles. The van der Waals surface area contributed by atoms with E-state index in [-0.39, 0.29) is 29.6 Å². The Balaban J connectivity index is 2.07. The minimum atomic E-state index is -0.342. The van der Waals surface area contributed by atoms with Crippen molar-refractivity contribution in [2.24, 2.45) is 0 Å². The minimum Gasteiger partial charge on any atom is -0.354 e. The summed E-state index contributed by atoms with van der Waals surface area (Å²) in [5, 5.41) is 5.49. The molecule has 0 spiro atoms. The van der Waals surface area contributed by atoms with Crippen molar-refractivity contribution in [2.75, 3.05) is 6.54 Å². The summed E-state index contributed by atoms with van der Waals surface area (Å²) in [5.74, 6) is -0.893. The summed E-state index contributed by atoms with van der Waals surface area (Å²) in [7, 11) is 0. The van der Waals surface area contributed by atoms with Gasteiger partial charge in [-0.25, -0.2) is 4.39 Å². The summed E-state index contributed by atoms with van der Waals surface area (Å²) >= 11 is 1.91. The molecule has 2 atom stereocenters. The molecule has 0 radical (unpaired) electrons. The van der Waals surface area contributed by atoms with Crippen molar-refractivity contribution in [3.63, 3.8) is 0 Å². The zero-order chi connectivity index (χ0) is 14.0. The molecule has 1 aliphatic heterocycles. The molecule has 0 aliphatic carbocycles. The topological polar surface area (TPSA) is 58.2 Å². The van der Waals surface area contributed by atoms with Gasteiger partial charge in [-0.1, -0.05) is 6.07 Å². The van der Waals surface area contributed by atoms with Gasteiger partial charge in [0.2, 0.25) is 11.8 Å². The second kappa shape index (κ2) is 5.85. The van der Waals surface area contributed by atoms with Gasteiger partial charge >= 0.3 is 0 Å². The zero-order valence-corrected chi connectivity index (χ0v) is 12.5. The van der Waals surface area contributed by atoms with Gasteiger partial charge in [-0.05, 0) is 46.7 Å². The van der Waals surface area contributed by atoms with Gasteiger partial charge in [0.1, 0.15) is 5.82 Å². The third-order valence-electron chi connectivity index (χ3n) is 3.13. The standard InChI is InChI=1S/C13H14FIN2O2/c1-7(18)16-6-9-5-10(13(19)17-9)8-2-3-12(15)11(14)4-8/h2-4,9-10H,5-6H2,1H3,(H,16,18)(H,17,19). The van der Waals surface area contributed by atoms with E-state index in [1.54, 1.807) is 12.1 Å². The molecule has 2 rings (SSSR count). The first-order valence-corrected chi connectivity index (χ1v) is 7.05. The predicted octanol–water partition coefficient (Wildman–Crippen LogP) is 1.54. The van der Waals surface area contributed by atoms with Crippen molar-refractivity contribution in [1.82, 2.24) is 10.6 Å². The van der Waals surface area contributed by atoms with E-state index in [4.69, 9.17) is 0 Å². The van der Waals surface area contributed by atoms with E-state index in [1.165, 1.54) is 13.0 Å². The highest BCUT2D eigenvalue weighted by Crippen LogP contribution is 2.28. The number of amides is 2. The molecule has 4 nitrogen and oxygen atoms in total. The summed E-state index contributed by atoms with van der Waals surface area (Å²) in [6.45, 7) is 1.84. The molecule has 102 valence electrons. The fourth-order valence-corrected chi connectivity index (χ4v) is 2.51. The fourth-order valence-electron chi connectivity index (χ4n) is 2.17. The highest BCUT2D eigenvalue weighted by molar-refractivity contribution is 14.1. The van der Waals surface area contributed by atoms with Crippen LogP contribution in [0.4, 0.5) is 4.39 Å². The summed E-state index contributed by atoms with van der Waals surface area (Å²) in [4.78, 5) is 22.7. The summed E-state index contributed by atoms with van der Waals surface area (Å²) in [6.07, 6.45) is 0.569. The molecule has 1 aromatic carbocycles. The third-order valence-corrected chi connectivity index (χ3v) is 4.00. The SMILES string of the molecule is CC(=O)NCC1CC(c2ccc(I)c(F)c2)C(=O)N1. The molecule has 6 heteroatoms. The maximum atomic E-state index is 13.5. The van der Waals surface area contributed by atoms with Crippen LogP contribution in [-0.4, -0.2) is 24.4 Å². The van der Waals surface area contributed by atoms with E-state index < -0.39 is 0 Å². The Hall–Kier alpha value is -1.18. The largest absolute Gasteiger partial charge is 0.354 e. The lowest BCUT2D eigenvalue weighted by Gasteiger charge is -2.10. The van der Waals surface area contributed by atoms with E-state index in [0.717, 1.165) is 0 Å². The first-order chi connectivity index (χ1) is 8.97. The highest BCUT2D eigenvalue weighted by atomic mass is 127. The number of benzene rings is 1. The Morgan fingerprint density at radius 2 is 2.32 bits per heavy atom. The van der Waals surface area contributed by atoms with Gasteiger partial charge in [0.05, 0.1) is 5.92 Å². The summed E-state index contributed by atoms with van der Waals surface area (Å²) in [6, 6.07) is 4.76. The molecule has 1 aliphatic rings. The second-order valence-corrected chi connectivity index (χ2v) is 5.77. The van der Waals surface area contributed by atoms with Crippen LogP contribution in [0.3, 0.4) is 0 Å². The number of nitrogens with one attached hydrogen (secondary N) is 2. The van der Waals surface area contributed by atoms with Gasteiger partial charge < -0.3 is 10.6 Å². The molecule has 1 saturated heterocycles. The van der Waals surface area contributed by atoms with Crippen LogP contribution in [0.25, 0.3) is 0 Å². The van der Waals surface area contributed by atoms with Crippen LogP contribution in [0.1, 0.15) is 24.8 Å². The average Bonchev–Trinajstić information content (AvgIpc) is 2.72. The lowest BCUT2D eigenvalue weighted by molar-refractivity contribution is -0.121. The van der Waals surface area contributed by atoms with E-state index in [0.29, 0.717) is 22.1 Å². The van der Waals surface area contributed by atoms with Gasteiger partial charge in [-0.3, -0.25) is 9.59 Å². The molecule has 0 aromatic heterocycles. The number of halogens is 2. The minimum absolute atomic E-state index is 0.0938. The number of carbonyl (C=O) groups is 2. The molecule has 2 amide bonds. The van der Waals surface area contributed by atoms with E-state index in [1.807, 2.05) is 22.6 Å². The van der Waals surface area contributed by atoms with Gasteiger partial charge in [-0.15, -0.1) is 0 Å². The van der Waals surface area contributed by atoms with Crippen molar-refractivity contribution in [3.8, 4) is 0 Å². The smallest absolute Gasteiger partial charge is 0.227 e. The first kappa shape index (κ1) is 14.2. The highest BCUT2D eigenvalue weighted by Gasteiger charge is 2.33. The Morgan fingerprint density at radius 3 is 2.95 bits per heavy atom. The van der Waals surface area contributed by atoms with Gasteiger partial charge in [0.15, 0.2) is 0 Å². The van der Waals surface area contributed by atoms with Crippen LogP contribution in [0.15, 0.2) is 18.2 Å². The average molecular weight is 376 g/mol. The van der Waals surface area contributed by atoms with Crippen LogP contribution in [0.2, 0.25) is 0 Å². The summed E-state index contributed by atoms with van der Waals surface area (Å²) in [5.41, 5.74) is 0.681. The third kappa shape index (κ3) is 3.43. The van der Waals surface area contributed by atoms with E-state index in [9.17, 15) is 14.0 Å². The van der Waals surface area contributed by atoms with Crippen LogP contribution in [0, 0.1) is 9.39 Å². The lowest BCUT2D eigenvalue weighted by atomic mass is 9.95. The Kier molecular flexibility index (Phi) is 4.38. The fraction of sp³-hybridized carbons (Fsp3) is 0.385. The van der Waals surface area contributed by atoms with Crippen molar-refractivity contribution >= 4 is 34.4 Å². The first-order valence-electron chi connectivity index (χ1n) is 5.97. The van der Waals surface area contributed by atoms with Crippen molar-refractivity contribution < 1.29 is 14.0 Å². The van der Waals surface area contributed by atoms with Gasteiger partial charge in [-0.2, -0.15) is 0 Å². The molecule has 0 bridgehead atoms.